The van der Waals surface area contributed by atoms with Gasteiger partial charge in [-0.3, -0.25) is 0 Å². The highest BCUT2D eigenvalue weighted by atomic mass is 127. The molecule has 0 aromatic carbocycles. The molecule has 1 atom stereocenters. The molecule has 1 unspecified atom stereocenters. The zero-order chi connectivity index (χ0) is 7.72. The Morgan fingerprint density at radius 1 is 1.60 bits per heavy atom. The van der Waals surface area contributed by atoms with E-state index in [-0.39, 0.29) is 5.38 Å². The van der Waals surface area contributed by atoms with Crippen LogP contribution in [0.3, 0.4) is 0 Å². The van der Waals surface area contributed by atoms with Crippen molar-refractivity contribution in [2.75, 3.05) is 0 Å². The van der Waals surface area contributed by atoms with Crippen molar-refractivity contribution < 1.29 is 0 Å². The summed E-state index contributed by atoms with van der Waals surface area (Å²) < 4.78 is 1.27. The third kappa shape index (κ3) is 1.76. The Morgan fingerprint density at radius 2 is 2.20 bits per heavy atom. The van der Waals surface area contributed by atoms with Crippen LogP contribution in [0.5, 0.6) is 0 Å². The van der Waals surface area contributed by atoms with Crippen LogP contribution in [0.2, 0.25) is 0 Å². The topological polar surface area (TPSA) is 0 Å². The molecule has 2 heteroatoms. The van der Waals surface area contributed by atoms with Gasteiger partial charge in [0.2, 0.25) is 0 Å². The van der Waals surface area contributed by atoms with E-state index in [1.165, 1.54) is 14.7 Å². The lowest BCUT2D eigenvalue weighted by Crippen LogP contribution is -2.04. The lowest BCUT2D eigenvalue weighted by atomic mass is 10.0. The summed E-state index contributed by atoms with van der Waals surface area (Å²) in [7, 11) is 0. The first-order chi connectivity index (χ1) is 4.61. The SMILES string of the molecule is CC1=C(C)CC(Cl)C(I)=C1. The lowest BCUT2D eigenvalue weighted by Gasteiger charge is -2.16. The fraction of sp³-hybridized carbons (Fsp3) is 0.500. The molecular weight excluding hydrogens is 258 g/mol. The van der Waals surface area contributed by atoms with E-state index in [1.54, 1.807) is 0 Å². The Balaban J connectivity index is 2.88. The monoisotopic (exact) mass is 268 g/mol. The van der Waals surface area contributed by atoms with Crippen LogP contribution in [-0.2, 0) is 0 Å². The highest BCUT2D eigenvalue weighted by molar-refractivity contribution is 14.1. The normalized spacial score (nSPS) is 26.8. The van der Waals surface area contributed by atoms with Crippen LogP contribution < -0.4 is 0 Å². The fourth-order valence-electron chi connectivity index (χ4n) is 0.948. The first-order valence-corrected chi connectivity index (χ1v) is 4.80. The molecule has 1 aliphatic carbocycles. The number of hydrogen-bond donors (Lipinski definition) is 0. The number of halogens is 2. The quantitative estimate of drug-likeness (QED) is 0.465. The molecule has 0 amide bonds. The van der Waals surface area contributed by atoms with Crippen LogP contribution in [0.4, 0.5) is 0 Å². The minimum Gasteiger partial charge on any atom is -0.117 e. The number of rotatable bonds is 0. The van der Waals surface area contributed by atoms with Gasteiger partial charge in [-0.2, -0.15) is 0 Å². The number of alkyl halides is 1. The second-order valence-electron chi connectivity index (χ2n) is 2.66. The molecule has 0 fully saturated rings. The van der Waals surface area contributed by atoms with E-state index in [1.807, 2.05) is 0 Å². The van der Waals surface area contributed by atoms with Gasteiger partial charge in [0.15, 0.2) is 0 Å². The van der Waals surface area contributed by atoms with Crippen molar-refractivity contribution in [1.82, 2.24) is 0 Å². The zero-order valence-electron chi connectivity index (χ0n) is 6.12. The zero-order valence-corrected chi connectivity index (χ0v) is 9.03. The van der Waals surface area contributed by atoms with Crippen LogP contribution in [0.25, 0.3) is 0 Å². The maximum atomic E-state index is 6.02. The second-order valence-corrected chi connectivity index (χ2v) is 4.44. The summed E-state index contributed by atoms with van der Waals surface area (Å²) in [6.45, 7) is 4.28. The van der Waals surface area contributed by atoms with Gasteiger partial charge in [0, 0.05) is 3.58 Å². The van der Waals surface area contributed by atoms with Crippen LogP contribution in [0.1, 0.15) is 20.3 Å². The molecule has 0 radical (unpaired) electrons. The summed E-state index contributed by atoms with van der Waals surface area (Å²) in [6, 6.07) is 0. The van der Waals surface area contributed by atoms with E-state index in [4.69, 9.17) is 11.6 Å². The molecular formula is C8H10ClI. The summed E-state index contributed by atoms with van der Waals surface area (Å²) in [5.41, 5.74) is 2.79. The molecule has 0 spiro atoms. The number of allylic oxidation sites excluding steroid dienone is 4. The Labute approximate surface area is 80.5 Å². The summed E-state index contributed by atoms with van der Waals surface area (Å²) in [5.74, 6) is 0. The van der Waals surface area contributed by atoms with Gasteiger partial charge < -0.3 is 0 Å². The van der Waals surface area contributed by atoms with Gasteiger partial charge in [0.05, 0.1) is 5.38 Å². The minimum absolute atomic E-state index is 0.226. The van der Waals surface area contributed by atoms with Gasteiger partial charge in [-0.05, 0) is 48.9 Å². The van der Waals surface area contributed by atoms with Crippen molar-refractivity contribution >= 4 is 34.2 Å². The highest BCUT2D eigenvalue weighted by Gasteiger charge is 2.14. The second kappa shape index (κ2) is 3.26. The Bertz CT molecular complexity index is 203. The molecule has 0 saturated carbocycles. The van der Waals surface area contributed by atoms with Gasteiger partial charge >= 0.3 is 0 Å². The average Bonchev–Trinajstić information content (AvgIpc) is 1.84. The molecule has 0 aromatic heterocycles. The van der Waals surface area contributed by atoms with Crippen molar-refractivity contribution in [3.05, 3.63) is 20.8 Å². The van der Waals surface area contributed by atoms with Crippen molar-refractivity contribution in [3.63, 3.8) is 0 Å². The molecule has 0 bridgehead atoms. The molecule has 1 rings (SSSR count). The largest absolute Gasteiger partial charge is 0.117 e. The third-order valence-electron chi connectivity index (χ3n) is 1.81. The predicted octanol–water partition coefficient (Wildman–Crippen LogP) is 3.65. The Morgan fingerprint density at radius 3 is 2.70 bits per heavy atom. The van der Waals surface area contributed by atoms with Crippen LogP contribution >= 0.6 is 34.2 Å². The smallest absolute Gasteiger partial charge is 0.0679 e. The van der Waals surface area contributed by atoms with E-state index in [0.29, 0.717) is 0 Å². The Hall–Kier alpha value is 0.500. The van der Waals surface area contributed by atoms with Gasteiger partial charge in [0.25, 0.3) is 0 Å². The van der Waals surface area contributed by atoms with Crippen molar-refractivity contribution in [2.24, 2.45) is 0 Å². The molecule has 0 aliphatic heterocycles. The number of hydrogen-bond acceptors (Lipinski definition) is 0. The molecule has 0 saturated heterocycles. The van der Waals surface area contributed by atoms with Gasteiger partial charge in [-0.1, -0.05) is 11.1 Å². The molecule has 0 heterocycles. The van der Waals surface area contributed by atoms with E-state index in [9.17, 15) is 0 Å². The minimum atomic E-state index is 0.226. The van der Waals surface area contributed by atoms with E-state index < -0.39 is 0 Å². The van der Waals surface area contributed by atoms with Crippen molar-refractivity contribution in [3.8, 4) is 0 Å². The molecule has 0 aromatic rings. The van der Waals surface area contributed by atoms with Crippen LogP contribution in [0, 0.1) is 0 Å². The summed E-state index contributed by atoms with van der Waals surface area (Å²) in [5, 5.41) is 0.226. The van der Waals surface area contributed by atoms with E-state index in [0.717, 1.165) is 6.42 Å². The van der Waals surface area contributed by atoms with Crippen LogP contribution in [0.15, 0.2) is 20.8 Å². The molecule has 0 N–H and O–H groups in total. The lowest BCUT2D eigenvalue weighted by molar-refractivity contribution is 0.941. The van der Waals surface area contributed by atoms with Gasteiger partial charge in [-0.15, -0.1) is 11.6 Å². The molecule has 56 valence electrons. The highest BCUT2D eigenvalue weighted by Crippen LogP contribution is 2.31. The molecule has 0 nitrogen and oxygen atoms in total. The third-order valence-corrected chi connectivity index (χ3v) is 3.63. The average molecular weight is 269 g/mol. The summed E-state index contributed by atoms with van der Waals surface area (Å²) >= 11 is 8.32. The van der Waals surface area contributed by atoms with E-state index in [2.05, 4.69) is 42.5 Å². The predicted molar refractivity (Wildman–Crippen MR) is 54.7 cm³/mol. The standard InChI is InChI=1S/C8H10ClI/c1-5-3-7(9)8(10)4-6(5)2/h4,7H,3H2,1-2H3. The molecule has 10 heavy (non-hydrogen) atoms. The molecule has 1 aliphatic rings. The van der Waals surface area contributed by atoms with Crippen molar-refractivity contribution in [1.29, 1.82) is 0 Å². The maximum Gasteiger partial charge on any atom is 0.0679 e. The van der Waals surface area contributed by atoms with Gasteiger partial charge in [-0.25, -0.2) is 0 Å². The van der Waals surface area contributed by atoms with Crippen LogP contribution in [-0.4, -0.2) is 5.38 Å². The van der Waals surface area contributed by atoms with E-state index >= 15 is 0 Å². The van der Waals surface area contributed by atoms with Gasteiger partial charge in [0.1, 0.15) is 0 Å². The van der Waals surface area contributed by atoms with Crippen molar-refractivity contribution in [2.45, 2.75) is 25.6 Å². The Kier molecular flexibility index (Phi) is 2.81. The summed E-state index contributed by atoms with van der Waals surface area (Å²) in [6.07, 6.45) is 3.18. The summed E-state index contributed by atoms with van der Waals surface area (Å²) in [4.78, 5) is 0. The maximum absolute atomic E-state index is 6.02. The first-order valence-electron chi connectivity index (χ1n) is 3.29. The first kappa shape index (κ1) is 8.60. The fourth-order valence-corrected chi connectivity index (χ4v) is 1.93.